The van der Waals surface area contributed by atoms with E-state index in [2.05, 4.69) is 0 Å². The van der Waals surface area contributed by atoms with Gasteiger partial charge in [0.2, 0.25) is 0 Å². The van der Waals surface area contributed by atoms with Crippen molar-refractivity contribution in [3.63, 3.8) is 0 Å². The minimum Gasteiger partial charge on any atom is -0.389 e. The highest BCUT2D eigenvalue weighted by Crippen LogP contribution is 2.14. The van der Waals surface area contributed by atoms with Crippen LogP contribution < -0.4 is 5.73 Å². The average molecular weight is 215 g/mol. The van der Waals surface area contributed by atoms with Gasteiger partial charge < -0.3 is 10.8 Å². The summed E-state index contributed by atoms with van der Waals surface area (Å²) in [5.41, 5.74) is 5.24. The van der Waals surface area contributed by atoms with E-state index in [1.54, 1.807) is 13.8 Å². The van der Waals surface area contributed by atoms with E-state index >= 15 is 0 Å². The van der Waals surface area contributed by atoms with Crippen LogP contribution in [-0.2, 0) is 6.42 Å². The maximum Gasteiger partial charge on any atom is 0.159 e. The van der Waals surface area contributed by atoms with Crippen molar-refractivity contribution in [1.82, 2.24) is 0 Å². The summed E-state index contributed by atoms with van der Waals surface area (Å²) in [7, 11) is 0. The molecule has 1 aromatic carbocycles. The van der Waals surface area contributed by atoms with Crippen molar-refractivity contribution in [1.29, 1.82) is 0 Å². The number of benzene rings is 1. The second-order valence-electron chi connectivity index (χ2n) is 4.21. The third-order valence-corrected chi connectivity index (χ3v) is 2.35. The van der Waals surface area contributed by atoms with Crippen molar-refractivity contribution in [2.24, 2.45) is 5.73 Å². The number of halogens is 2. The van der Waals surface area contributed by atoms with Crippen molar-refractivity contribution < 1.29 is 13.9 Å². The first-order valence-corrected chi connectivity index (χ1v) is 4.72. The molecule has 0 spiro atoms. The fourth-order valence-corrected chi connectivity index (χ4v) is 1.17. The molecule has 3 N–H and O–H groups in total. The minimum atomic E-state index is -1.04. The molecule has 0 amide bonds. The molecule has 1 aromatic rings. The Balaban J connectivity index is 2.78. The molecule has 0 aromatic heterocycles. The quantitative estimate of drug-likeness (QED) is 0.804. The van der Waals surface area contributed by atoms with Gasteiger partial charge in [0.05, 0.1) is 5.60 Å². The summed E-state index contributed by atoms with van der Waals surface area (Å²) >= 11 is 0. The van der Waals surface area contributed by atoms with Gasteiger partial charge in [-0.2, -0.15) is 0 Å². The molecule has 1 rings (SSSR count). The Morgan fingerprint density at radius 1 is 1.33 bits per heavy atom. The number of hydrogen-bond donors (Lipinski definition) is 2. The molecule has 84 valence electrons. The molecule has 0 bridgehead atoms. The number of rotatable bonds is 3. The van der Waals surface area contributed by atoms with Gasteiger partial charge >= 0.3 is 0 Å². The van der Waals surface area contributed by atoms with Gasteiger partial charge in [0.25, 0.3) is 0 Å². The fourth-order valence-electron chi connectivity index (χ4n) is 1.17. The monoisotopic (exact) mass is 215 g/mol. The minimum absolute atomic E-state index is 0.306. The predicted molar refractivity (Wildman–Crippen MR) is 54.3 cm³/mol. The van der Waals surface area contributed by atoms with E-state index in [1.165, 1.54) is 6.07 Å². The van der Waals surface area contributed by atoms with Crippen LogP contribution in [0.5, 0.6) is 0 Å². The van der Waals surface area contributed by atoms with Crippen LogP contribution in [0.4, 0.5) is 8.78 Å². The lowest BCUT2D eigenvalue weighted by molar-refractivity contribution is 0.0521. The molecule has 0 radical (unpaired) electrons. The smallest absolute Gasteiger partial charge is 0.159 e. The van der Waals surface area contributed by atoms with E-state index in [-0.39, 0.29) is 0 Å². The summed E-state index contributed by atoms with van der Waals surface area (Å²) in [6.07, 6.45) is 0.306. The molecule has 0 unspecified atom stereocenters. The van der Waals surface area contributed by atoms with E-state index in [0.29, 0.717) is 12.0 Å². The molecule has 0 saturated carbocycles. The molecule has 1 atom stereocenters. The fraction of sp³-hybridized carbons (Fsp3) is 0.455. The third-order valence-electron chi connectivity index (χ3n) is 2.35. The summed E-state index contributed by atoms with van der Waals surface area (Å²) < 4.78 is 25.5. The third kappa shape index (κ3) is 3.25. The molecule has 0 aliphatic heterocycles. The van der Waals surface area contributed by atoms with Crippen molar-refractivity contribution in [3.8, 4) is 0 Å². The summed E-state index contributed by atoms with van der Waals surface area (Å²) in [6.45, 7) is 3.16. The van der Waals surface area contributed by atoms with Crippen LogP contribution in [0, 0.1) is 11.6 Å². The highest BCUT2D eigenvalue weighted by Gasteiger charge is 2.23. The SMILES string of the molecule is CC(C)(O)[C@H](N)Cc1ccc(F)c(F)c1. The van der Waals surface area contributed by atoms with Crippen LogP contribution in [0.15, 0.2) is 18.2 Å². The predicted octanol–water partition coefficient (Wildman–Crippen LogP) is 1.61. The summed E-state index contributed by atoms with van der Waals surface area (Å²) in [5.74, 6) is -1.77. The maximum absolute atomic E-state index is 12.8. The van der Waals surface area contributed by atoms with E-state index in [0.717, 1.165) is 12.1 Å². The molecule has 0 saturated heterocycles. The summed E-state index contributed by atoms with van der Waals surface area (Å²) in [5, 5.41) is 9.58. The topological polar surface area (TPSA) is 46.2 Å². The number of aliphatic hydroxyl groups is 1. The second-order valence-corrected chi connectivity index (χ2v) is 4.21. The molecule has 0 fully saturated rings. The first kappa shape index (κ1) is 12.1. The van der Waals surface area contributed by atoms with E-state index in [1.807, 2.05) is 0 Å². The lowest BCUT2D eigenvalue weighted by atomic mass is 9.93. The van der Waals surface area contributed by atoms with Gasteiger partial charge in [-0.05, 0) is 38.0 Å². The lowest BCUT2D eigenvalue weighted by Crippen LogP contribution is -2.44. The summed E-state index contributed by atoms with van der Waals surface area (Å²) in [4.78, 5) is 0. The highest BCUT2D eigenvalue weighted by atomic mass is 19.2. The van der Waals surface area contributed by atoms with Crippen LogP contribution in [0.2, 0.25) is 0 Å². The largest absolute Gasteiger partial charge is 0.389 e. The van der Waals surface area contributed by atoms with Crippen LogP contribution in [0.1, 0.15) is 19.4 Å². The lowest BCUT2D eigenvalue weighted by Gasteiger charge is -2.25. The first-order chi connectivity index (χ1) is 6.80. The van der Waals surface area contributed by atoms with E-state index in [9.17, 15) is 13.9 Å². The van der Waals surface area contributed by atoms with E-state index in [4.69, 9.17) is 5.73 Å². The number of hydrogen-bond acceptors (Lipinski definition) is 2. The van der Waals surface area contributed by atoms with E-state index < -0.39 is 23.3 Å². The van der Waals surface area contributed by atoms with Gasteiger partial charge in [0.15, 0.2) is 11.6 Å². The van der Waals surface area contributed by atoms with Crippen LogP contribution in [-0.4, -0.2) is 16.7 Å². The van der Waals surface area contributed by atoms with Crippen LogP contribution in [0.3, 0.4) is 0 Å². The van der Waals surface area contributed by atoms with Gasteiger partial charge in [-0.3, -0.25) is 0 Å². The molecule has 15 heavy (non-hydrogen) atoms. The van der Waals surface area contributed by atoms with Crippen molar-refractivity contribution in [3.05, 3.63) is 35.4 Å². The zero-order valence-electron chi connectivity index (χ0n) is 8.80. The second kappa shape index (κ2) is 4.24. The molecular formula is C11H15F2NO. The molecule has 0 aliphatic rings. The zero-order valence-corrected chi connectivity index (χ0v) is 8.80. The van der Waals surface area contributed by atoms with Gasteiger partial charge in [-0.25, -0.2) is 8.78 Å². The standard InChI is InChI=1S/C11H15F2NO/c1-11(2,15)10(14)6-7-3-4-8(12)9(13)5-7/h3-5,10,15H,6,14H2,1-2H3/t10-/m1/s1. The Labute approximate surface area is 87.7 Å². The Bertz CT molecular complexity index is 347. The van der Waals surface area contributed by atoms with Gasteiger partial charge in [-0.15, -0.1) is 0 Å². The highest BCUT2D eigenvalue weighted by molar-refractivity contribution is 5.19. The Morgan fingerprint density at radius 2 is 1.93 bits per heavy atom. The Kier molecular flexibility index (Phi) is 3.42. The van der Waals surface area contributed by atoms with Crippen molar-refractivity contribution >= 4 is 0 Å². The molecule has 2 nitrogen and oxygen atoms in total. The van der Waals surface area contributed by atoms with Gasteiger partial charge in [0, 0.05) is 6.04 Å². The summed E-state index contributed by atoms with van der Waals surface area (Å²) in [6, 6.07) is 3.11. The van der Waals surface area contributed by atoms with Crippen molar-refractivity contribution in [2.45, 2.75) is 31.9 Å². The maximum atomic E-state index is 12.8. The normalized spacial score (nSPS) is 14.0. The zero-order chi connectivity index (χ0) is 11.6. The van der Waals surface area contributed by atoms with Gasteiger partial charge in [0.1, 0.15) is 0 Å². The molecule has 0 aliphatic carbocycles. The Hall–Kier alpha value is -1.00. The number of nitrogens with two attached hydrogens (primary N) is 1. The molecule has 0 heterocycles. The van der Waals surface area contributed by atoms with Crippen molar-refractivity contribution in [2.75, 3.05) is 0 Å². The van der Waals surface area contributed by atoms with Crippen LogP contribution >= 0.6 is 0 Å². The van der Waals surface area contributed by atoms with Crippen LogP contribution in [0.25, 0.3) is 0 Å². The average Bonchev–Trinajstić information content (AvgIpc) is 2.10. The first-order valence-electron chi connectivity index (χ1n) is 4.72. The Morgan fingerprint density at radius 3 is 2.40 bits per heavy atom. The van der Waals surface area contributed by atoms with Gasteiger partial charge in [-0.1, -0.05) is 6.07 Å². The molecule has 4 heteroatoms. The molecular weight excluding hydrogens is 200 g/mol.